The smallest absolute Gasteiger partial charge is 0.0659 e. The highest BCUT2D eigenvalue weighted by molar-refractivity contribution is 5.88. The van der Waals surface area contributed by atoms with Crippen molar-refractivity contribution in [3.63, 3.8) is 0 Å². The Morgan fingerprint density at radius 1 is 1.38 bits per heavy atom. The van der Waals surface area contributed by atoms with Gasteiger partial charge in [0.05, 0.1) is 17.7 Å². The summed E-state index contributed by atoms with van der Waals surface area (Å²) in [6.45, 7) is 2.07. The standard InChI is InChI=1S/C14H16N2/c1-11-5-2-3-8-14(11)16-13-7-4-6-12(9-13)10-15/h2-3,5,8,12H,4,6-7,9H2,1H3. The van der Waals surface area contributed by atoms with Crippen molar-refractivity contribution in [3.05, 3.63) is 29.8 Å². The summed E-state index contributed by atoms with van der Waals surface area (Å²) in [5, 5.41) is 8.92. The van der Waals surface area contributed by atoms with E-state index in [4.69, 9.17) is 5.26 Å². The molecular formula is C14H16N2. The maximum Gasteiger partial charge on any atom is 0.0659 e. The first kappa shape index (κ1) is 10.9. The van der Waals surface area contributed by atoms with Crippen molar-refractivity contribution < 1.29 is 0 Å². The van der Waals surface area contributed by atoms with Crippen molar-refractivity contribution in [1.82, 2.24) is 0 Å². The zero-order chi connectivity index (χ0) is 11.4. The van der Waals surface area contributed by atoms with Crippen molar-refractivity contribution in [1.29, 1.82) is 5.26 Å². The van der Waals surface area contributed by atoms with Crippen molar-refractivity contribution in [2.24, 2.45) is 10.9 Å². The summed E-state index contributed by atoms with van der Waals surface area (Å²) in [7, 11) is 0. The SMILES string of the molecule is Cc1ccccc1N=C1CCCC(C#N)C1. The number of rotatable bonds is 1. The number of aliphatic imine (C=N–C) groups is 1. The molecule has 0 aliphatic heterocycles. The van der Waals surface area contributed by atoms with Crippen LogP contribution in [0, 0.1) is 24.2 Å². The monoisotopic (exact) mass is 212 g/mol. The van der Waals surface area contributed by atoms with E-state index in [1.54, 1.807) is 0 Å². The van der Waals surface area contributed by atoms with Gasteiger partial charge in [-0.1, -0.05) is 18.2 Å². The average Bonchev–Trinajstić information content (AvgIpc) is 2.32. The molecule has 1 atom stereocenters. The fourth-order valence-corrected chi connectivity index (χ4v) is 2.11. The van der Waals surface area contributed by atoms with E-state index < -0.39 is 0 Å². The lowest BCUT2D eigenvalue weighted by molar-refractivity contribution is 0.559. The molecule has 0 saturated heterocycles. The summed E-state index contributed by atoms with van der Waals surface area (Å²) < 4.78 is 0. The van der Waals surface area contributed by atoms with E-state index in [0.29, 0.717) is 0 Å². The maximum atomic E-state index is 8.92. The summed E-state index contributed by atoms with van der Waals surface area (Å²) in [4.78, 5) is 4.68. The van der Waals surface area contributed by atoms with E-state index in [1.165, 1.54) is 11.3 Å². The van der Waals surface area contributed by atoms with E-state index in [0.717, 1.165) is 31.4 Å². The third-order valence-corrected chi connectivity index (χ3v) is 3.08. The second kappa shape index (κ2) is 4.94. The molecule has 0 aromatic heterocycles. The summed E-state index contributed by atoms with van der Waals surface area (Å²) in [6.07, 6.45) is 4.03. The Morgan fingerprint density at radius 2 is 2.19 bits per heavy atom. The van der Waals surface area contributed by atoms with Crippen LogP contribution in [0.25, 0.3) is 0 Å². The number of hydrogen-bond acceptors (Lipinski definition) is 2. The van der Waals surface area contributed by atoms with Crippen LogP contribution in [0.3, 0.4) is 0 Å². The molecule has 0 bridgehead atoms. The van der Waals surface area contributed by atoms with Crippen LogP contribution in [0.5, 0.6) is 0 Å². The van der Waals surface area contributed by atoms with Crippen LogP contribution in [0.2, 0.25) is 0 Å². The Bertz CT molecular complexity index is 440. The molecule has 1 aliphatic carbocycles. The minimum absolute atomic E-state index is 0.177. The number of nitriles is 1. The molecule has 16 heavy (non-hydrogen) atoms. The maximum absolute atomic E-state index is 8.92. The Balaban J connectivity index is 2.18. The van der Waals surface area contributed by atoms with Crippen molar-refractivity contribution >= 4 is 11.4 Å². The predicted molar refractivity (Wildman–Crippen MR) is 65.8 cm³/mol. The van der Waals surface area contributed by atoms with Crippen LogP contribution in [-0.4, -0.2) is 5.71 Å². The second-order valence-electron chi connectivity index (χ2n) is 4.39. The molecule has 2 nitrogen and oxygen atoms in total. The number of hydrogen-bond donors (Lipinski definition) is 0. The summed E-state index contributed by atoms with van der Waals surface area (Å²) in [5.74, 6) is 0.177. The molecule has 0 spiro atoms. The van der Waals surface area contributed by atoms with E-state index in [2.05, 4.69) is 24.1 Å². The van der Waals surface area contributed by atoms with E-state index in [9.17, 15) is 0 Å². The van der Waals surface area contributed by atoms with Crippen LogP contribution in [-0.2, 0) is 0 Å². The molecule has 2 rings (SSSR count). The minimum atomic E-state index is 0.177. The molecule has 1 aromatic carbocycles. The quantitative estimate of drug-likeness (QED) is 0.697. The topological polar surface area (TPSA) is 36.1 Å². The van der Waals surface area contributed by atoms with Crippen LogP contribution in [0.15, 0.2) is 29.3 Å². The molecule has 1 aromatic rings. The molecule has 1 unspecified atom stereocenters. The average molecular weight is 212 g/mol. The van der Waals surface area contributed by atoms with Gasteiger partial charge in [0.15, 0.2) is 0 Å². The highest BCUT2D eigenvalue weighted by Crippen LogP contribution is 2.25. The summed E-state index contributed by atoms with van der Waals surface area (Å²) in [6, 6.07) is 10.5. The van der Waals surface area contributed by atoms with Gasteiger partial charge in [0.25, 0.3) is 0 Å². The van der Waals surface area contributed by atoms with Gasteiger partial charge in [0, 0.05) is 12.1 Å². The number of para-hydroxylation sites is 1. The lowest BCUT2D eigenvalue weighted by atomic mass is 9.89. The van der Waals surface area contributed by atoms with Gasteiger partial charge in [-0.15, -0.1) is 0 Å². The molecule has 82 valence electrons. The summed E-state index contributed by atoms with van der Waals surface area (Å²) in [5.41, 5.74) is 3.44. The van der Waals surface area contributed by atoms with Crippen LogP contribution in [0.4, 0.5) is 5.69 Å². The minimum Gasteiger partial charge on any atom is -0.258 e. The Kier molecular flexibility index (Phi) is 3.36. The zero-order valence-corrected chi connectivity index (χ0v) is 9.61. The Morgan fingerprint density at radius 3 is 2.94 bits per heavy atom. The fraction of sp³-hybridized carbons (Fsp3) is 0.429. The first-order valence-corrected chi connectivity index (χ1v) is 5.81. The fourth-order valence-electron chi connectivity index (χ4n) is 2.11. The molecule has 0 radical (unpaired) electrons. The third kappa shape index (κ3) is 2.49. The van der Waals surface area contributed by atoms with Gasteiger partial charge in [0.2, 0.25) is 0 Å². The molecular weight excluding hydrogens is 196 g/mol. The molecule has 0 heterocycles. The van der Waals surface area contributed by atoms with Gasteiger partial charge >= 0.3 is 0 Å². The summed E-state index contributed by atoms with van der Waals surface area (Å²) >= 11 is 0. The van der Waals surface area contributed by atoms with Gasteiger partial charge in [-0.25, -0.2) is 0 Å². The van der Waals surface area contributed by atoms with Gasteiger partial charge < -0.3 is 0 Å². The van der Waals surface area contributed by atoms with Gasteiger partial charge in [-0.05, 0) is 37.8 Å². The molecule has 2 heteroatoms. The van der Waals surface area contributed by atoms with Gasteiger partial charge in [-0.2, -0.15) is 5.26 Å². The van der Waals surface area contributed by atoms with E-state index in [-0.39, 0.29) is 5.92 Å². The molecule has 0 N–H and O–H groups in total. The van der Waals surface area contributed by atoms with Crippen molar-refractivity contribution in [2.45, 2.75) is 32.6 Å². The Labute approximate surface area is 96.6 Å². The van der Waals surface area contributed by atoms with E-state index in [1.807, 2.05) is 18.2 Å². The van der Waals surface area contributed by atoms with E-state index >= 15 is 0 Å². The van der Waals surface area contributed by atoms with Crippen LogP contribution < -0.4 is 0 Å². The molecule has 1 saturated carbocycles. The Hall–Kier alpha value is -1.62. The second-order valence-corrected chi connectivity index (χ2v) is 4.39. The largest absolute Gasteiger partial charge is 0.258 e. The number of aryl methyl sites for hydroxylation is 1. The van der Waals surface area contributed by atoms with Gasteiger partial charge in [-0.3, -0.25) is 4.99 Å². The van der Waals surface area contributed by atoms with Crippen molar-refractivity contribution in [2.75, 3.05) is 0 Å². The lowest BCUT2D eigenvalue weighted by Crippen LogP contribution is -2.13. The first-order chi connectivity index (χ1) is 7.79. The van der Waals surface area contributed by atoms with Crippen LogP contribution >= 0.6 is 0 Å². The highest BCUT2D eigenvalue weighted by atomic mass is 14.8. The van der Waals surface area contributed by atoms with Crippen molar-refractivity contribution in [3.8, 4) is 6.07 Å². The highest BCUT2D eigenvalue weighted by Gasteiger charge is 2.17. The van der Waals surface area contributed by atoms with Crippen LogP contribution in [0.1, 0.15) is 31.2 Å². The predicted octanol–water partition coefficient (Wildman–Crippen LogP) is 3.78. The number of nitrogens with zero attached hydrogens (tertiary/aromatic N) is 2. The zero-order valence-electron chi connectivity index (χ0n) is 9.61. The third-order valence-electron chi connectivity index (χ3n) is 3.08. The molecule has 1 aliphatic rings. The molecule has 1 fully saturated rings. The normalized spacial score (nSPS) is 23.0. The lowest BCUT2D eigenvalue weighted by Gasteiger charge is -2.17. The van der Waals surface area contributed by atoms with Gasteiger partial charge in [0.1, 0.15) is 0 Å². The number of benzene rings is 1. The first-order valence-electron chi connectivity index (χ1n) is 5.81. The molecule has 0 amide bonds.